The maximum absolute atomic E-state index is 13.2. The average molecular weight is 530 g/mol. The Bertz CT molecular complexity index is 1360. The fourth-order valence-electron chi connectivity index (χ4n) is 5.60. The van der Waals surface area contributed by atoms with Crippen molar-refractivity contribution in [2.24, 2.45) is 0 Å². The van der Waals surface area contributed by atoms with Crippen molar-refractivity contribution in [2.45, 2.75) is 64.4 Å². The highest BCUT2D eigenvalue weighted by Crippen LogP contribution is 2.49. The van der Waals surface area contributed by atoms with Crippen molar-refractivity contribution >= 4 is 17.3 Å². The third kappa shape index (κ3) is 5.24. The molecule has 202 valence electrons. The highest BCUT2D eigenvalue weighted by molar-refractivity contribution is 6.05. The lowest BCUT2D eigenvalue weighted by atomic mass is 9.73. The second kappa shape index (κ2) is 11.3. The van der Waals surface area contributed by atoms with E-state index in [4.69, 9.17) is 14.2 Å². The number of nitro groups is 1. The van der Waals surface area contributed by atoms with Gasteiger partial charge in [0.05, 0.1) is 11.5 Å². The van der Waals surface area contributed by atoms with Gasteiger partial charge in [-0.1, -0.05) is 12.1 Å². The number of allylic oxidation sites excluding steroid dienone is 5. The van der Waals surface area contributed by atoms with Crippen LogP contribution in [0.15, 0.2) is 71.7 Å². The Morgan fingerprint density at radius 1 is 1.00 bits per heavy atom. The Kier molecular flexibility index (Phi) is 7.63. The summed E-state index contributed by atoms with van der Waals surface area (Å²) >= 11 is 0. The Hall–Kier alpha value is -4.20. The molecule has 0 unspecified atom stereocenters. The van der Waals surface area contributed by atoms with Crippen LogP contribution in [0.1, 0.15) is 68.1 Å². The minimum Gasteiger partial charge on any atom is -0.490 e. The molecule has 0 radical (unpaired) electrons. The molecule has 2 aliphatic carbocycles. The summed E-state index contributed by atoms with van der Waals surface area (Å²) in [5, 5.41) is 11.0. The lowest BCUT2D eigenvalue weighted by molar-refractivity contribution is -0.384. The van der Waals surface area contributed by atoms with Gasteiger partial charge in [-0.2, -0.15) is 0 Å². The molecule has 3 aliphatic rings. The van der Waals surface area contributed by atoms with Gasteiger partial charge in [-0.15, -0.1) is 6.58 Å². The van der Waals surface area contributed by atoms with Gasteiger partial charge in [0, 0.05) is 60.4 Å². The summed E-state index contributed by atoms with van der Waals surface area (Å²) in [6.45, 7) is 6.36. The molecule has 39 heavy (non-hydrogen) atoms. The molecule has 0 saturated heterocycles. The number of ketones is 2. The SMILES string of the molecule is C=CCc1cc(C2C3=C(CCCC3=O)OC3=C2C(=O)CCC3)cc(OCC)c1OCc1ccc([N+](=O)[O-])cc1. The zero-order valence-corrected chi connectivity index (χ0v) is 22.0. The van der Waals surface area contributed by atoms with Crippen molar-refractivity contribution in [3.63, 3.8) is 0 Å². The Morgan fingerprint density at radius 2 is 1.64 bits per heavy atom. The molecule has 8 nitrogen and oxygen atoms in total. The minimum atomic E-state index is -0.504. The van der Waals surface area contributed by atoms with Crippen LogP contribution in [0.4, 0.5) is 5.69 Å². The van der Waals surface area contributed by atoms with Gasteiger partial charge in [-0.05, 0) is 55.5 Å². The van der Waals surface area contributed by atoms with Crippen molar-refractivity contribution < 1.29 is 28.7 Å². The second-order valence-corrected chi connectivity index (χ2v) is 9.91. The van der Waals surface area contributed by atoms with E-state index < -0.39 is 10.8 Å². The molecular weight excluding hydrogens is 498 g/mol. The molecule has 0 fully saturated rings. The normalized spacial score (nSPS) is 17.4. The number of rotatable bonds is 9. The molecule has 2 aromatic rings. The monoisotopic (exact) mass is 529 g/mol. The van der Waals surface area contributed by atoms with Gasteiger partial charge in [0.15, 0.2) is 23.1 Å². The number of carbonyl (C=O) groups is 2. The first-order valence-electron chi connectivity index (χ1n) is 13.4. The number of benzene rings is 2. The molecule has 0 bridgehead atoms. The molecule has 1 heterocycles. The molecule has 0 atom stereocenters. The fourth-order valence-corrected chi connectivity index (χ4v) is 5.60. The van der Waals surface area contributed by atoms with E-state index in [0.717, 1.165) is 29.5 Å². The van der Waals surface area contributed by atoms with Crippen LogP contribution in [0.25, 0.3) is 0 Å². The van der Waals surface area contributed by atoms with E-state index in [0.29, 0.717) is 72.9 Å². The van der Waals surface area contributed by atoms with Crippen LogP contribution in [0.5, 0.6) is 11.5 Å². The number of Topliss-reactive ketones (excluding diaryl/α,β-unsaturated/α-hetero) is 2. The molecule has 0 N–H and O–H groups in total. The molecule has 8 heteroatoms. The van der Waals surface area contributed by atoms with Gasteiger partial charge in [-0.3, -0.25) is 19.7 Å². The van der Waals surface area contributed by atoms with E-state index in [2.05, 4.69) is 6.58 Å². The van der Waals surface area contributed by atoms with Crippen LogP contribution in [0, 0.1) is 10.1 Å². The Labute approximate surface area is 227 Å². The molecule has 5 rings (SSSR count). The van der Waals surface area contributed by atoms with Crippen LogP contribution in [-0.2, 0) is 27.4 Å². The first-order chi connectivity index (χ1) is 18.9. The molecule has 0 amide bonds. The van der Waals surface area contributed by atoms with Gasteiger partial charge < -0.3 is 14.2 Å². The third-order valence-electron chi connectivity index (χ3n) is 7.32. The molecule has 2 aromatic carbocycles. The van der Waals surface area contributed by atoms with Crippen LogP contribution in [0.2, 0.25) is 0 Å². The van der Waals surface area contributed by atoms with Crippen LogP contribution in [-0.4, -0.2) is 23.1 Å². The molecule has 0 aromatic heterocycles. The molecule has 0 spiro atoms. The summed E-state index contributed by atoms with van der Waals surface area (Å²) in [6.07, 6.45) is 5.95. The highest BCUT2D eigenvalue weighted by atomic mass is 16.6. The smallest absolute Gasteiger partial charge is 0.269 e. The topological polar surface area (TPSA) is 105 Å². The predicted molar refractivity (Wildman–Crippen MR) is 145 cm³/mol. The van der Waals surface area contributed by atoms with E-state index in [1.165, 1.54) is 12.1 Å². The van der Waals surface area contributed by atoms with Crippen molar-refractivity contribution in [3.8, 4) is 11.5 Å². The summed E-state index contributed by atoms with van der Waals surface area (Å²) in [4.78, 5) is 37.0. The Balaban J connectivity index is 1.58. The van der Waals surface area contributed by atoms with Crippen LogP contribution >= 0.6 is 0 Å². The number of nitro benzene ring substituents is 1. The predicted octanol–water partition coefficient (Wildman–Crippen LogP) is 6.43. The van der Waals surface area contributed by atoms with E-state index in [1.54, 1.807) is 18.2 Å². The van der Waals surface area contributed by atoms with E-state index in [-0.39, 0.29) is 23.9 Å². The van der Waals surface area contributed by atoms with Gasteiger partial charge in [0.2, 0.25) is 0 Å². The molecular formula is C31H31NO7. The summed E-state index contributed by atoms with van der Waals surface area (Å²) in [5.74, 6) is 1.96. The van der Waals surface area contributed by atoms with Gasteiger partial charge in [0.1, 0.15) is 18.1 Å². The number of ether oxygens (including phenoxy) is 3. The van der Waals surface area contributed by atoms with E-state index in [1.807, 2.05) is 19.1 Å². The summed E-state index contributed by atoms with van der Waals surface area (Å²) in [5.41, 5.74) is 3.57. The maximum atomic E-state index is 13.2. The number of non-ortho nitro benzene ring substituents is 1. The second-order valence-electron chi connectivity index (χ2n) is 9.91. The Morgan fingerprint density at radius 3 is 2.21 bits per heavy atom. The standard InChI is InChI=1S/C31H31NO7/c1-3-7-20-16-21(17-27(37-4-2)31(20)38-18-19-12-14-22(15-13-19)32(35)36)28-29-23(33)8-5-10-25(29)39-26-11-6-9-24(34)30(26)28/h3,12-17,28H,1,4-11,18H2,2H3. The lowest BCUT2D eigenvalue weighted by Gasteiger charge is -2.36. The van der Waals surface area contributed by atoms with Gasteiger partial charge >= 0.3 is 0 Å². The molecule has 0 saturated carbocycles. The van der Waals surface area contributed by atoms with E-state index >= 15 is 0 Å². The number of hydrogen-bond acceptors (Lipinski definition) is 7. The van der Waals surface area contributed by atoms with Gasteiger partial charge in [0.25, 0.3) is 5.69 Å². The number of nitrogens with zero attached hydrogens (tertiary/aromatic N) is 1. The van der Waals surface area contributed by atoms with Crippen molar-refractivity contribution in [1.29, 1.82) is 0 Å². The van der Waals surface area contributed by atoms with Crippen LogP contribution < -0.4 is 9.47 Å². The zero-order chi connectivity index (χ0) is 27.5. The minimum absolute atomic E-state index is 0.0128. The largest absolute Gasteiger partial charge is 0.490 e. The van der Waals surface area contributed by atoms with Crippen LogP contribution in [0.3, 0.4) is 0 Å². The zero-order valence-electron chi connectivity index (χ0n) is 22.0. The summed E-state index contributed by atoms with van der Waals surface area (Å²) < 4.78 is 18.5. The van der Waals surface area contributed by atoms with E-state index in [9.17, 15) is 19.7 Å². The number of carbonyl (C=O) groups excluding carboxylic acids is 2. The average Bonchev–Trinajstić information content (AvgIpc) is 2.92. The lowest BCUT2D eigenvalue weighted by Crippen LogP contribution is -2.30. The quantitative estimate of drug-likeness (QED) is 0.209. The highest BCUT2D eigenvalue weighted by Gasteiger charge is 2.42. The summed E-state index contributed by atoms with van der Waals surface area (Å²) in [7, 11) is 0. The first-order valence-corrected chi connectivity index (χ1v) is 13.4. The molecule has 1 aliphatic heterocycles. The first kappa shape index (κ1) is 26.4. The number of hydrogen-bond donors (Lipinski definition) is 0. The summed E-state index contributed by atoms with van der Waals surface area (Å²) in [6, 6.07) is 10.1. The van der Waals surface area contributed by atoms with Crippen molar-refractivity contribution in [3.05, 3.63) is 98.5 Å². The van der Waals surface area contributed by atoms with Crippen molar-refractivity contribution in [1.82, 2.24) is 0 Å². The van der Waals surface area contributed by atoms with Crippen molar-refractivity contribution in [2.75, 3.05) is 6.61 Å². The maximum Gasteiger partial charge on any atom is 0.269 e. The van der Waals surface area contributed by atoms with Gasteiger partial charge in [-0.25, -0.2) is 0 Å². The third-order valence-corrected chi connectivity index (χ3v) is 7.32. The fraction of sp³-hybridized carbons (Fsp3) is 0.355.